The summed E-state index contributed by atoms with van der Waals surface area (Å²) in [5, 5.41) is 1.37. The van der Waals surface area contributed by atoms with Crippen molar-refractivity contribution in [3.8, 4) is 0 Å². The van der Waals surface area contributed by atoms with Gasteiger partial charge in [0.15, 0.2) is 0 Å². The van der Waals surface area contributed by atoms with Crippen molar-refractivity contribution in [3.05, 3.63) is 36.0 Å². The molecule has 1 aromatic heterocycles. The maximum atomic E-state index is 2.32. The van der Waals surface area contributed by atoms with E-state index in [-0.39, 0.29) is 0 Å². The zero-order valence-corrected chi connectivity index (χ0v) is 8.41. The molecule has 1 heterocycles. The fraction of sp³-hybridized carbons (Fsp3) is 0.333. The summed E-state index contributed by atoms with van der Waals surface area (Å²) in [6, 6.07) is 9.10. The van der Waals surface area contributed by atoms with Gasteiger partial charge in [-0.3, -0.25) is 0 Å². The molecule has 0 fully saturated rings. The van der Waals surface area contributed by atoms with Crippen LogP contribution in [0.3, 0.4) is 0 Å². The molecule has 0 bridgehead atoms. The van der Waals surface area contributed by atoms with Gasteiger partial charge in [0.05, 0.1) is 0 Å². The van der Waals surface area contributed by atoms with E-state index in [1.54, 1.807) is 0 Å². The summed E-state index contributed by atoms with van der Waals surface area (Å²) in [5.74, 6) is 0. The van der Waals surface area contributed by atoms with Gasteiger partial charge in [-0.05, 0) is 32.4 Å². The molecule has 0 aliphatic rings. The Bertz CT molecular complexity index is 424. The Morgan fingerprint density at radius 1 is 1.15 bits per heavy atom. The van der Waals surface area contributed by atoms with Crippen molar-refractivity contribution < 1.29 is 0 Å². The van der Waals surface area contributed by atoms with Gasteiger partial charge in [-0.2, -0.15) is 0 Å². The lowest BCUT2D eigenvalue weighted by molar-refractivity contribution is 0.622. The van der Waals surface area contributed by atoms with Crippen LogP contribution in [-0.4, -0.2) is 4.57 Å². The topological polar surface area (TPSA) is 4.93 Å². The van der Waals surface area contributed by atoms with Gasteiger partial charge in [-0.25, -0.2) is 0 Å². The average molecular weight is 173 g/mol. The van der Waals surface area contributed by atoms with E-state index in [1.807, 2.05) is 0 Å². The van der Waals surface area contributed by atoms with Crippen molar-refractivity contribution in [1.82, 2.24) is 4.57 Å². The number of hydrogen-bond acceptors (Lipinski definition) is 0. The summed E-state index contributed by atoms with van der Waals surface area (Å²) in [7, 11) is 0. The lowest BCUT2D eigenvalue weighted by atomic mass is 10.2. The fourth-order valence-corrected chi connectivity index (χ4v) is 1.81. The monoisotopic (exact) mass is 173 g/mol. The van der Waals surface area contributed by atoms with Crippen molar-refractivity contribution in [2.24, 2.45) is 0 Å². The maximum Gasteiger partial charge on any atom is 0.0485 e. The van der Waals surface area contributed by atoms with E-state index in [2.05, 4.69) is 55.8 Å². The zero-order valence-electron chi connectivity index (χ0n) is 8.41. The highest BCUT2D eigenvalue weighted by molar-refractivity contribution is 5.83. The van der Waals surface area contributed by atoms with Crippen LogP contribution >= 0.6 is 0 Å². The Hall–Kier alpha value is -1.24. The number of para-hydroxylation sites is 1. The van der Waals surface area contributed by atoms with E-state index in [9.17, 15) is 0 Å². The highest BCUT2D eigenvalue weighted by atomic mass is 15.0. The van der Waals surface area contributed by atoms with E-state index in [0.29, 0.717) is 6.04 Å². The number of fused-ring (bicyclic) bond motifs is 1. The molecule has 0 saturated carbocycles. The molecule has 0 atom stereocenters. The molecule has 0 saturated heterocycles. The first-order chi connectivity index (χ1) is 6.20. The third-order valence-corrected chi connectivity index (χ3v) is 2.50. The summed E-state index contributed by atoms with van der Waals surface area (Å²) >= 11 is 0. The van der Waals surface area contributed by atoms with Crippen molar-refractivity contribution in [2.75, 3.05) is 0 Å². The molecule has 0 aliphatic carbocycles. The third-order valence-electron chi connectivity index (χ3n) is 2.50. The standard InChI is InChI=1S/C12H15N/c1-9(2)13-8-10(3)11-6-4-5-7-12(11)13/h4-9H,1-3H3. The second-order valence-electron chi connectivity index (χ2n) is 3.83. The minimum Gasteiger partial charge on any atom is -0.345 e. The van der Waals surface area contributed by atoms with Crippen molar-refractivity contribution >= 4 is 10.9 Å². The number of hydrogen-bond donors (Lipinski definition) is 0. The quantitative estimate of drug-likeness (QED) is 0.621. The van der Waals surface area contributed by atoms with Gasteiger partial charge >= 0.3 is 0 Å². The van der Waals surface area contributed by atoms with Crippen LogP contribution in [-0.2, 0) is 0 Å². The Labute approximate surface area is 79.0 Å². The lowest BCUT2D eigenvalue weighted by Gasteiger charge is -2.08. The molecule has 0 amide bonds. The molecule has 0 unspecified atom stereocenters. The predicted molar refractivity (Wildman–Crippen MR) is 57.1 cm³/mol. The first-order valence-corrected chi connectivity index (χ1v) is 4.76. The number of aromatic nitrogens is 1. The summed E-state index contributed by atoms with van der Waals surface area (Å²) in [6.45, 7) is 6.60. The minimum atomic E-state index is 0.540. The van der Waals surface area contributed by atoms with E-state index >= 15 is 0 Å². The van der Waals surface area contributed by atoms with E-state index in [1.165, 1.54) is 16.5 Å². The normalized spacial score (nSPS) is 11.4. The molecule has 2 aromatic rings. The molecule has 1 heteroatoms. The highest BCUT2D eigenvalue weighted by Crippen LogP contribution is 2.23. The number of aryl methyl sites for hydroxylation is 1. The predicted octanol–water partition coefficient (Wildman–Crippen LogP) is 3.53. The average Bonchev–Trinajstić information content (AvgIpc) is 2.45. The van der Waals surface area contributed by atoms with Crippen LogP contribution in [0.5, 0.6) is 0 Å². The van der Waals surface area contributed by atoms with Crippen LogP contribution in [0.1, 0.15) is 25.5 Å². The zero-order chi connectivity index (χ0) is 9.42. The van der Waals surface area contributed by atoms with Crippen molar-refractivity contribution in [3.63, 3.8) is 0 Å². The number of benzene rings is 1. The molecule has 0 N–H and O–H groups in total. The summed E-state index contributed by atoms with van der Waals surface area (Å²) in [5.41, 5.74) is 2.71. The molecular formula is C12H15N. The van der Waals surface area contributed by atoms with Crippen LogP contribution in [0.25, 0.3) is 10.9 Å². The Balaban J connectivity index is 2.78. The largest absolute Gasteiger partial charge is 0.345 e. The van der Waals surface area contributed by atoms with Gasteiger partial charge in [0, 0.05) is 23.1 Å². The highest BCUT2D eigenvalue weighted by Gasteiger charge is 2.05. The summed E-state index contributed by atoms with van der Waals surface area (Å²) in [6.07, 6.45) is 2.23. The molecular weight excluding hydrogens is 158 g/mol. The molecule has 13 heavy (non-hydrogen) atoms. The van der Waals surface area contributed by atoms with Crippen LogP contribution in [0, 0.1) is 6.92 Å². The van der Waals surface area contributed by atoms with Crippen LogP contribution < -0.4 is 0 Å². The van der Waals surface area contributed by atoms with Gasteiger partial charge in [0.2, 0.25) is 0 Å². The first-order valence-electron chi connectivity index (χ1n) is 4.76. The molecule has 0 spiro atoms. The lowest BCUT2D eigenvalue weighted by Crippen LogP contribution is -1.97. The van der Waals surface area contributed by atoms with Gasteiger partial charge < -0.3 is 4.57 Å². The van der Waals surface area contributed by atoms with E-state index < -0.39 is 0 Å². The van der Waals surface area contributed by atoms with Crippen LogP contribution in [0.15, 0.2) is 30.5 Å². The minimum absolute atomic E-state index is 0.540. The maximum absolute atomic E-state index is 2.32. The smallest absolute Gasteiger partial charge is 0.0485 e. The first kappa shape index (κ1) is 8.36. The Kier molecular flexibility index (Phi) is 1.87. The Morgan fingerprint density at radius 3 is 2.54 bits per heavy atom. The molecule has 2 rings (SSSR count). The van der Waals surface area contributed by atoms with Crippen molar-refractivity contribution in [1.29, 1.82) is 0 Å². The second-order valence-corrected chi connectivity index (χ2v) is 3.83. The SMILES string of the molecule is Cc1cn(C(C)C)c2ccccc12. The number of nitrogens with zero attached hydrogens (tertiary/aromatic N) is 1. The van der Waals surface area contributed by atoms with Gasteiger partial charge in [0.1, 0.15) is 0 Å². The molecule has 1 aromatic carbocycles. The molecule has 0 aliphatic heterocycles. The third kappa shape index (κ3) is 1.24. The van der Waals surface area contributed by atoms with Crippen molar-refractivity contribution in [2.45, 2.75) is 26.8 Å². The van der Waals surface area contributed by atoms with Gasteiger partial charge in [-0.15, -0.1) is 0 Å². The van der Waals surface area contributed by atoms with Crippen LogP contribution in [0.2, 0.25) is 0 Å². The second kappa shape index (κ2) is 2.91. The molecule has 0 radical (unpaired) electrons. The van der Waals surface area contributed by atoms with Crippen LogP contribution in [0.4, 0.5) is 0 Å². The summed E-state index contributed by atoms with van der Waals surface area (Å²) in [4.78, 5) is 0. The Morgan fingerprint density at radius 2 is 1.85 bits per heavy atom. The fourth-order valence-electron chi connectivity index (χ4n) is 1.81. The van der Waals surface area contributed by atoms with E-state index in [4.69, 9.17) is 0 Å². The van der Waals surface area contributed by atoms with Gasteiger partial charge in [0.25, 0.3) is 0 Å². The molecule has 68 valence electrons. The summed E-state index contributed by atoms with van der Waals surface area (Å²) < 4.78 is 2.32. The van der Waals surface area contributed by atoms with E-state index in [0.717, 1.165) is 0 Å². The number of rotatable bonds is 1. The molecule has 1 nitrogen and oxygen atoms in total. The van der Waals surface area contributed by atoms with Gasteiger partial charge in [-0.1, -0.05) is 18.2 Å².